The standard InChI is InChI=1S/C16H16FN3O3/c1-19-9-12(14(21)18-16(19)23)15(22)20-8-2-3-13(20)10-4-6-11(17)7-5-10/h4-7,9,13H,2-3,8H2,1H3,(H,18,21,23). The molecular weight excluding hydrogens is 301 g/mol. The van der Waals surface area contributed by atoms with Gasteiger partial charge in [0.2, 0.25) is 0 Å². The van der Waals surface area contributed by atoms with Crippen LogP contribution in [0.4, 0.5) is 4.39 Å². The van der Waals surface area contributed by atoms with E-state index in [2.05, 4.69) is 4.98 Å². The first kappa shape index (κ1) is 15.2. The zero-order valence-electron chi connectivity index (χ0n) is 12.6. The van der Waals surface area contributed by atoms with Crippen molar-refractivity contribution in [1.82, 2.24) is 14.5 Å². The number of likely N-dealkylation sites (tertiary alicyclic amines) is 1. The van der Waals surface area contributed by atoms with E-state index in [0.717, 1.165) is 23.0 Å². The van der Waals surface area contributed by atoms with Crippen molar-refractivity contribution in [2.75, 3.05) is 6.54 Å². The van der Waals surface area contributed by atoms with Crippen LogP contribution in [0.15, 0.2) is 40.1 Å². The van der Waals surface area contributed by atoms with E-state index < -0.39 is 17.2 Å². The molecule has 1 aromatic heterocycles. The van der Waals surface area contributed by atoms with Crippen molar-refractivity contribution in [2.24, 2.45) is 7.05 Å². The summed E-state index contributed by atoms with van der Waals surface area (Å²) in [6, 6.07) is 5.82. The van der Waals surface area contributed by atoms with Gasteiger partial charge in [-0.15, -0.1) is 0 Å². The fraction of sp³-hybridized carbons (Fsp3) is 0.312. The SMILES string of the molecule is Cn1cc(C(=O)N2CCCC2c2ccc(F)cc2)c(=O)[nH]c1=O. The molecular formula is C16H16FN3O3. The van der Waals surface area contributed by atoms with Gasteiger partial charge in [-0.2, -0.15) is 0 Å². The van der Waals surface area contributed by atoms with Gasteiger partial charge in [-0.05, 0) is 30.5 Å². The van der Waals surface area contributed by atoms with Crippen molar-refractivity contribution in [3.63, 3.8) is 0 Å². The number of benzene rings is 1. The van der Waals surface area contributed by atoms with Gasteiger partial charge in [-0.25, -0.2) is 9.18 Å². The molecule has 2 heterocycles. The second-order valence-corrected chi connectivity index (χ2v) is 5.62. The van der Waals surface area contributed by atoms with Crippen LogP contribution in [0.3, 0.4) is 0 Å². The topological polar surface area (TPSA) is 75.2 Å². The molecule has 1 N–H and O–H groups in total. The Labute approximate surface area is 131 Å². The molecule has 2 aromatic rings. The van der Waals surface area contributed by atoms with E-state index in [4.69, 9.17) is 0 Å². The highest BCUT2D eigenvalue weighted by atomic mass is 19.1. The number of aromatic amines is 1. The molecule has 6 nitrogen and oxygen atoms in total. The Morgan fingerprint density at radius 1 is 1.26 bits per heavy atom. The number of hydrogen-bond acceptors (Lipinski definition) is 3. The highest BCUT2D eigenvalue weighted by Gasteiger charge is 2.32. The lowest BCUT2D eigenvalue weighted by atomic mass is 10.0. The molecule has 1 fully saturated rings. The molecule has 23 heavy (non-hydrogen) atoms. The third-order valence-corrected chi connectivity index (χ3v) is 4.11. The van der Waals surface area contributed by atoms with E-state index in [0.29, 0.717) is 6.54 Å². The Bertz CT molecular complexity index is 854. The van der Waals surface area contributed by atoms with Gasteiger partial charge in [0.1, 0.15) is 11.4 Å². The summed E-state index contributed by atoms with van der Waals surface area (Å²) in [6.07, 6.45) is 2.81. The molecule has 120 valence electrons. The molecule has 1 unspecified atom stereocenters. The molecule has 1 atom stereocenters. The lowest BCUT2D eigenvalue weighted by Gasteiger charge is -2.25. The highest BCUT2D eigenvalue weighted by Crippen LogP contribution is 2.32. The molecule has 0 spiro atoms. The summed E-state index contributed by atoms with van der Waals surface area (Å²) in [5.74, 6) is -0.757. The summed E-state index contributed by atoms with van der Waals surface area (Å²) < 4.78 is 14.2. The molecule has 0 radical (unpaired) electrons. The average Bonchev–Trinajstić information content (AvgIpc) is 3.00. The molecule has 7 heteroatoms. The second-order valence-electron chi connectivity index (χ2n) is 5.62. The van der Waals surface area contributed by atoms with Crippen LogP contribution < -0.4 is 11.2 Å². The maximum atomic E-state index is 13.1. The lowest BCUT2D eigenvalue weighted by Crippen LogP contribution is -2.38. The van der Waals surface area contributed by atoms with Crippen LogP contribution in [0, 0.1) is 5.82 Å². The van der Waals surface area contributed by atoms with Crippen molar-refractivity contribution in [2.45, 2.75) is 18.9 Å². The summed E-state index contributed by atoms with van der Waals surface area (Å²) in [5.41, 5.74) is -0.495. The Morgan fingerprint density at radius 3 is 2.65 bits per heavy atom. The van der Waals surface area contributed by atoms with E-state index in [9.17, 15) is 18.8 Å². The molecule has 0 bridgehead atoms. The fourth-order valence-electron chi connectivity index (χ4n) is 2.91. The molecule has 0 aliphatic carbocycles. The van der Waals surface area contributed by atoms with Crippen molar-refractivity contribution >= 4 is 5.91 Å². The zero-order valence-corrected chi connectivity index (χ0v) is 12.6. The van der Waals surface area contributed by atoms with E-state index in [1.54, 1.807) is 17.0 Å². The van der Waals surface area contributed by atoms with Gasteiger partial charge >= 0.3 is 5.69 Å². The fourth-order valence-corrected chi connectivity index (χ4v) is 2.91. The summed E-state index contributed by atoms with van der Waals surface area (Å²) in [5, 5.41) is 0. The first-order valence-corrected chi connectivity index (χ1v) is 7.34. The number of carbonyl (C=O) groups is 1. The third kappa shape index (κ3) is 2.81. The zero-order chi connectivity index (χ0) is 16.6. The van der Waals surface area contributed by atoms with Crippen LogP contribution in [-0.2, 0) is 7.05 Å². The van der Waals surface area contributed by atoms with Crippen molar-refractivity contribution < 1.29 is 9.18 Å². The van der Waals surface area contributed by atoms with Crippen molar-refractivity contribution in [1.29, 1.82) is 0 Å². The normalized spacial score (nSPS) is 17.5. The maximum Gasteiger partial charge on any atom is 0.328 e. The molecule has 1 amide bonds. The Morgan fingerprint density at radius 2 is 1.96 bits per heavy atom. The number of carbonyl (C=O) groups excluding carboxylic acids is 1. The maximum absolute atomic E-state index is 13.1. The van der Waals surface area contributed by atoms with Crippen molar-refractivity contribution in [3.05, 3.63) is 68.2 Å². The number of rotatable bonds is 2. The summed E-state index contributed by atoms with van der Waals surface area (Å²) >= 11 is 0. The molecule has 1 aromatic carbocycles. The second kappa shape index (κ2) is 5.83. The Kier molecular flexibility index (Phi) is 3.85. The first-order chi connectivity index (χ1) is 11.0. The molecule has 1 aliphatic rings. The van der Waals surface area contributed by atoms with Crippen molar-refractivity contribution in [3.8, 4) is 0 Å². The molecule has 1 aliphatic heterocycles. The third-order valence-electron chi connectivity index (χ3n) is 4.11. The van der Waals surface area contributed by atoms with E-state index in [-0.39, 0.29) is 17.4 Å². The minimum absolute atomic E-state index is 0.0684. The minimum atomic E-state index is -0.692. The largest absolute Gasteiger partial charge is 0.331 e. The number of nitrogens with zero attached hydrogens (tertiary/aromatic N) is 2. The predicted molar refractivity (Wildman–Crippen MR) is 81.7 cm³/mol. The number of hydrogen-bond donors (Lipinski definition) is 1. The number of amides is 1. The van der Waals surface area contributed by atoms with Gasteiger partial charge in [-0.1, -0.05) is 12.1 Å². The van der Waals surface area contributed by atoms with Gasteiger partial charge < -0.3 is 9.47 Å². The van der Waals surface area contributed by atoms with Crippen LogP contribution >= 0.6 is 0 Å². The van der Waals surface area contributed by atoms with E-state index in [1.165, 1.54) is 25.4 Å². The van der Waals surface area contributed by atoms with Gasteiger partial charge in [0.05, 0.1) is 6.04 Å². The predicted octanol–water partition coefficient (Wildman–Crippen LogP) is 1.19. The monoisotopic (exact) mass is 317 g/mol. The summed E-state index contributed by atoms with van der Waals surface area (Å²) in [4.78, 5) is 39.7. The molecule has 0 saturated carbocycles. The van der Waals surface area contributed by atoms with Gasteiger partial charge in [0.15, 0.2) is 0 Å². The van der Waals surface area contributed by atoms with Crippen LogP contribution in [0.5, 0.6) is 0 Å². The Hall–Kier alpha value is -2.70. The smallest absolute Gasteiger partial charge is 0.328 e. The summed E-state index contributed by atoms with van der Waals surface area (Å²) in [6.45, 7) is 0.517. The number of aryl methyl sites for hydroxylation is 1. The van der Waals surface area contributed by atoms with Crippen LogP contribution in [0.2, 0.25) is 0 Å². The number of aromatic nitrogens is 2. The first-order valence-electron chi connectivity index (χ1n) is 7.34. The average molecular weight is 317 g/mol. The Balaban J connectivity index is 1.95. The summed E-state index contributed by atoms with van der Waals surface area (Å²) in [7, 11) is 1.47. The lowest BCUT2D eigenvalue weighted by molar-refractivity contribution is 0.0732. The van der Waals surface area contributed by atoms with Crippen LogP contribution in [0.25, 0.3) is 0 Å². The minimum Gasteiger partial charge on any atom is -0.331 e. The highest BCUT2D eigenvalue weighted by molar-refractivity contribution is 5.94. The van der Waals surface area contributed by atoms with E-state index in [1.807, 2.05) is 0 Å². The van der Waals surface area contributed by atoms with Crippen LogP contribution in [0.1, 0.15) is 34.8 Å². The van der Waals surface area contributed by atoms with E-state index >= 15 is 0 Å². The number of H-pyrrole nitrogens is 1. The molecule has 3 rings (SSSR count). The quantitative estimate of drug-likeness (QED) is 0.904. The number of halogens is 1. The van der Waals surface area contributed by atoms with Gasteiger partial charge in [-0.3, -0.25) is 14.6 Å². The van der Waals surface area contributed by atoms with Crippen LogP contribution in [-0.4, -0.2) is 26.9 Å². The number of nitrogens with one attached hydrogen (secondary N) is 1. The van der Waals surface area contributed by atoms with Gasteiger partial charge in [0, 0.05) is 19.8 Å². The molecule has 1 saturated heterocycles. The van der Waals surface area contributed by atoms with Gasteiger partial charge in [0.25, 0.3) is 11.5 Å².